The molecule has 0 saturated heterocycles. The van der Waals surface area contributed by atoms with Crippen molar-refractivity contribution in [1.29, 1.82) is 0 Å². The molecule has 0 fully saturated rings. The minimum atomic E-state index is -0.589. The summed E-state index contributed by atoms with van der Waals surface area (Å²) < 4.78 is 11.1. The molecule has 0 aliphatic heterocycles. The molecule has 0 aliphatic carbocycles. The van der Waals surface area contributed by atoms with Crippen LogP contribution in [0.3, 0.4) is 0 Å². The number of aryl methyl sites for hydroxylation is 1. The number of nitrogens with one attached hydrogen (secondary N) is 1. The normalized spacial score (nSPS) is 10.1. The summed E-state index contributed by atoms with van der Waals surface area (Å²) in [5.41, 5.74) is 1.27. The Morgan fingerprint density at radius 2 is 2.04 bits per heavy atom. The lowest BCUT2D eigenvalue weighted by molar-refractivity contribution is -0.385. The number of nitro groups is 1. The average Bonchev–Trinajstić information content (AvgIpc) is 2.55. The molecule has 2 aromatic rings. The van der Waals surface area contributed by atoms with E-state index in [1.807, 2.05) is 13.0 Å². The first-order valence-corrected chi connectivity index (χ1v) is 7.71. The molecule has 2 rings (SSSR count). The number of rotatable bonds is 6. The molecule has 0 saturated carbocycles. The van der Waals surface area contributed by atoms with Crippen LogP contribution in [0.1, 0.15) is 5.56 Å². The molecular formula is C16H15BrN2O5. The van der Waals surface area contributed by atoms with Crippen LogP contribution >= 0.6 is 15.9 Å². The first kappa shape index (κ1) is 17.7. The number of amides is 1. The molecule has 2 aromatic carbocycles. The van der Waals surface area contributed by atoms with E-state index in [0.29, 0.717) is 11.4 Å². The summed E-state index contributed by atoms with van der Waals surface area (Å²) in [7, 11) is 1.41. The third kappa shape index (κ3) is 4.45. The van der Waals surface area contributed by atoms with Crippen LogP contribution in [0.15, 0.2) is 40.9 Å². The number of nitro benzene ring substituents is 1. The van der Waals surface area contributed by atoms with Crippen LogP contribution in [0.5, 0.6) is 11.5 Å². The van der Waals surface area contributed by atoms with Gasteiger partial charge in [-0.2, -0.15) is 0 Å². The van der Waals surface area contributed by atoms with Crippen molar-refractivity contribution in [3.8, 4) is 11.5 Å². The molecule has 0 heterocycles. The average molecular weight is 395 g/mol. The zero-order valence-corrected chi connectivity index (χ0v) is 14.6. The minimum absolute atomic E-state index is 0.00322. The molecule has 7 nitrogen and oxygen atoms in total. The molecule has 8 heteroatoms. The topological polar surface area (TPSA) is 90.7 Å². The highest BCUT2D eigenvalue weighted by molar-refractivity contribution is 9.10. The molecule has 0 atom stereocenters. The van der Waals surface area contributed by atoms with Gasteiger partial charge in [0.2, 0.25) is 0 Å². The van der Waals surface area contributed by atoms with E-state index >= 15 is 0 Å². The second-order valence-corrected chi connectivity index (χ2v) is 5.80. The number of ether oxygens (including phenoxy) is 2. The van der Waals surface area contributed by atoms with Gasteiger partial charge in [0.1, 0.15) is 5.75 Å². The number of nitrogens with zero attached hydrogens (tertiary/aromatic N) is 1. The summed E-state index contributed by atoms with van der Waals surface area (Å²) in [6.07, 6.45) is 0. The fraction of sp³-hybridized carbons (Fsp3) is 0.188. The quantitative estimate of drug-likeness (QED) is 0.595. The van der Waals surface area contributed by atoms with E-state index in [2.05, 4.69) is 21.2 Å². The van der Waals surface area contributed by atoms with Gasteiger partial charge in [0.25, 0.3) is 5.91 Å². The molecule has 0 radical (unpaired) electrons. The van der Waals surface area contributed by atoms with Crippen LogP contribution < -0.4 is 14.8 Å². The van der Waals surface area contributed by atoms with E-state index in [9.17, 15) is 14.9 Å². The van der Waals surface area contributed by atoms with Crippen LogP contribution in [0.2, 0.25) is 0 Å². The van der Waals surface area contributed by atoms with Gasteiger partial charge in [-0.1, -0.05) is 15.9 Å². The summed E-state index contributed by atoms with van der Waals surface area (Å²) in [6.45, 7) is 1.51. The Morgan fingerprint density at radius 3 is 2.67 bits per heavy atom. The van der Waals surface area contributed by atoms with Gasteiger partial charge in [-0.25, -0.2) is 0 Å². The van der Waals surface area contributed by atoms with Crippen molar-refractivity contribution in [3.05, 3.63) is 56.5 Å². The summed E-state index contributed by atoms with van der Waals surface area (Å²) in [6, 6.07) is 9.59. The number of methoxy groups -OCH3 is 1. The van der Waals surface area contributed by atoms with Crippen molar-refractivity contribution in [1.82, 2.24) is 0 Å². The standard InChI is InChI=1S/C16H15BrN2O5/c1-10-7-11(17)3-5-13(10)18-16(20)9-24-15-6-4-12(23-2)8-14(15)19(21)22/h3-8H,9H2,1-2H3,(H,18,20). The lowest BCUT2D eigenvalue weighted by Crippen LogP contribution is -2.21. The van der Waals surface area contributed by atoms with Crippen molar-refractivity contribution >= 4 is 33.2 Å². The fourth-order valence-corrected chi connectivity index (χ4v) is 2.46. The van der Waals surface area contributed by atoms with Gasteiger partial charge in [0.05, 0.1) is 18.1 Å². The fourth-order valence-electron chi connectivity index (χ4n) is 1.99. The van der Waals surface area contributed by atoms with Crippen LogP contribution in [0.25, 0.3) is 0 Å². The Kier molecular flexibility index (Phi) is 5.75. The Hall–Kier alpha value is -2.61. The van der Waals surface area contributed by atoms with Gasteiger partial charge < -0.3 is 14.8 Å². The lowest BCUT2D eigenvalue weighted by atomic mass is 10.2. The van der Waals surface area contributed by atoms with Crippen molar-refractivity contribution in [3.63, 3.8) is 0 Å². The third-order valence-electron chi connectivity index (χ3n) is 3.18. The Bertz CT molecular complexity index is 779. The summed E-state index contributed by atoms with van der Waals surface area (Å²) in [5, 5.41) is 13.8. The maximum Gasteiger partial charge on any atom is 0.314 e. The molecule has 0 aliphatic rings. The van der Waals surface area contributed by atoms with E-state index in [-0.39, 0.29) is 18.0 Å². The predicted octanol–water partition coefficient (Wildman–Crippen LogP) is 3.69. The van der Waals surface area contributed by atoms with E-state index < -0.39 is 10.8 Å². The first-order chi connectivity index (χ1) is 11.4. The molecule has 0 spiro atoms. The minimum Gasteiger partial charge on any atom is -0.496 e. The predicted molar refractivity (Wildman–Crippen MR) is 92.7 cm³/mol. The highest BCUT2D eigenvalue weighted by Crippen LogP contribution is 2.31. The number of anilines is 1. The van der Waals surface area contributed by atoms with Crippen molar-refractivity contribution in [2.24, 2.45) is 0 Å². The van der Waals surface area contributed by atoms with Crippen LogP contribution in [0, 0.1) is 17.0 Å². The summed E-state index contributed by atoms with van der Waals surface area (Å²) >= 11 is 3.35. The molecule has 24 heavy (non-hydrogen) atoms. The number of carbonyl (C=O) groups is 1. The van der Waals surface area contributed by atoms with Gasteiger partial charge in [-0.05, 0) is 42.8 Å². The third-order valence-corrected chi connectivity index (χ3v) is 3.68. The molecule has 126 valence electrons. The Balaban J connectivity index is 2.05. The zero-order chi connectivity index (χ0) is 17.7. The Labute approximate surface area is 146 Å². The second kappa shape index (κ2) is 7.78. The van der Waals surface area contributed by atoms with E-state index in [4.69, 9.17) is 9.47 Å². The summed E-state index contributed by atoms with van der Waals surface area (Å²) in [5.74, 6) is -0.0713. The number of carbonyl (C=O) groups excluding carboxylic acids is 1. The number of hydrogen-bond acceptors (Lipinski definition) is 5. The van der Waals surface area contributed by atoms with Gasteiger partial charge in [-0.15, -0.1) is 0 Å². The van der Waals surface area contributed by atoms with Crippen LogP contribution in [-0.2, 0) is 4.79 Å². The second-order valence-electron chi connectivity index (χ2n) is 4.89. The Morgan fingerprint density at radius 1 is 1.29 bits per heavy atom. The SMILES string of the molecule is COc1ccc(OCC(=O)Nc2ccc(Br)cc2C)c([N+](=O)[O-])c1. The van der Waals surface area contributed by atoms with E-state index in [1.165, 1.54) is 25.3 Å². The molecule has 0 aromatic heterocycles. The molecule has 0 bridgehead atoms. The van der Waals surface area contributed by atoms with Crippen LogP contribution in [-0.4, -0.2) is 24.5 Å². The summed E-state index contributed by atoms with van der Waals surface area (Å²) in [4.78, 5) is 22.5. The van der Waals surface area contributed by atoms with Crippen molar-refractivity contribution in [2.45, 2.75) is 6.92 Å². The van der Waals surface area contributed by atoms with E-state index in [1.54, 1.807) is 12.1 Å². The smallest absolute Gasteiger partial charge is 0.314 e. The lowest BCUT2D eigenvalue weighted by Gasteiger charge is -2.10. The monoisotopic (exact) mass is 394 g/mol. The highest BCUT2D eigenvalue weighted by Gasteiger charge is 2.17. The van der Waals surface area contributed by atoms with E-state index in [0.717, 1.165) is 10.0 Å². The maximum atomic E-state index is 12.0. The van der Waals surface area contributed by atoms with Crippen molar-refractivity contribution in [2.75, 3.05) is 19.0 Å². The molecule has 1 N–H and O–H groups in total. The zero-order valence-electron chi connectivity index (χ0n) is 13.0. The number of benzene rings is 2. The first-order valence-electron chi connectivity index (χ1n) is 6.92. The van der Waals surface area contributed by atoms with Crippen LogP contribution in [0.4, 0.5) is 11.4 Å². The van der Waals surface area contributed by atoms with Gasteiger partial charge >= 0.3 is 5.69 Å². The largest absolute Gasteiger partial charge is 0.496 e. The highest BCUT2D eigenvalue weighted by atomic mass is 79.9. The molecule has 1 amide bonds. The molecular weight excluding hydrogens is 380 g/mol. The van der Waals surface area contributed by atoms with Crippen molar-refractivity contribution < 1.29 is 19.2 Å². The van der Waals surface area contributed by atoms with Gasteiger partial charge in [-0.3, -0.25) is 14.9 Å². The molecule has 0 unspecified atom stereocenters. The van der Waals surface area contributed by atoms with Gasteiger partial charge in [0, 0.05) is 10.2 Å². The number of halogens is 1. The maximum absolute atomic E-state index is 12.0. The number of hydrogen-bond donors (Lipinski definition) is 1. The van der Waals surface area contributed by atoms with Gasteiger partial charge in [0.15, 0.2) is 12.4 Å².